The molecule has 1 atom stereocenters. The number of nitrogens with one attached hydrogen (secondary N) is 2. The highest BCUT2D eigenvalue weighted by Gasteiger charge is 2.17. The maximum atomic E-state index is 12.3. The molecule has 0 saturated heterocycles. The van der Waals surface area contributed by atoms with Crippen molar-refractivity contribution in [2.45, 2.75) is 46.1 Å². The Bertz CT molecular complexity index is 744. The maximum Gasteiger partial charge on any atom is 0.255 e. The Morgan fingerprint density at radius 1 is 1.14 bits per heavy atom. The summed E-state index contributed by atoms with van der Waals surface area (Å²) in [5.74, 6) is 0.911. The van der Waals surface area contributed by atoms with Crippen LogP contribution >= 0.6 is 11.3 Å². The lowest BCUT2D eigenvalue weighted by Crippen LogP contribution is -2.30. The van der Waals surface area contributed by atoms with Gasteiger partial charge >= 0.3 is 0 Å². The van der Waals surface area contributed by atoms with Crippen LogP contribution in [0.15, 0.2) is 41.8 Å². The van der Waals surface area contributed by atoms with Gasteiger partial charge in [-0.25, -0.2) is 0 Å². The molecule has 5 nitrogen and oxygen atoms in total. The molecule has 152 valence electrons. The molecule has 0 aliphatic heterocycles. The number of benzene rings is 1. The van der Waals surface area contributed by atoms with Crippen molar-refractivity contribution in [3.8, 4) is 5.75 Å². The summed E-state index contributed by atoms with van der Waals surface area (Å²) in [5, 5.41) is 8.04. The molecule has 2 N–H and O–H groups in total. The van der Waals surface area contributed by atoms with Gasteiger partial charge in [0.1, 0.15) is 5.75 Å². The van der Waals surface area contributed by atoms with Crippen LogP contribution in [-0.2, 0) is 4.79 Å². The average molecular weight is 403 g/mol. The van der Waals surface area contributed by atoms with Crippen LogP contribution in [0.2, 0.25) is 0 Å². The van der Waals surface area contributed by atoms with E-state index in [-0.39, 0.29) is 17.9 Å². The number of hydrogen-bond donors (Lipinski definition) is 2. The van der Waals surface area contributed by atoms with Crippen molar-refractivity contribution in [1.29, 1.82) is 0 Å². The number of carbonyl (C=O) groups is 2. The third kappa shape index (κ3) is 7.00. The number of para-hydroxylation sites is 1. The van der Waals surface area contributed by atoms with Gasteiger partial charge in [0.05, 0.1) is 18.2 Å². The fourth-order valence-corrected chi connectivity index (χ4v) is 3.75. The molecule has 2 aromatic rings. The van der Waals surface area contributed by atoms with Crippen LogP contribution in [0, 0.1) is 5.92 Å². The Morgan fingerprint density at radius 2 is 1.93 bits per heavy atom. The molecule has 1 aromatic heterocycles. The number of carbonyl (C=O) groups excluding carboxylic acids is 2. The van der Waals surface area contributed by atoms with Gasteiger partial charge in [-0.2, -0.15) is 0 Å². The number of rotatable bonds is 11. The zero-order valence-corrected chi connectivity index (χ0v) is 17.7. The van der Waals surface area contributed by atoms with E-state index in [1.54, 1.807) is 23.5 Å². The highest BCUT2D eigenvalue weighted by molar-refractivity contribution is 7.10. The summed E-state index contributed by atoms with van der Waals surface area (Å²) in [6.07, 6.45) is 1.89. The van der Waals surface area contributed by atoms with Crippen molar-refractivity contribution in [2.75, 3.05) is 13.2 Å². The quantitative estimate of drug-likeness (QED) is 0.542. The van der Waals surface area contributed by atoms with Gasteiger partial charge in [-0.1, -0.05) is 32.0 Å². The number of hydrogen-bond acceptors (Lipinski definition) is 4. The van der Waals surface area contributed by atoms with Gasteiger partial charge in [0.25, 0.3) is 5.91 Å². The molecule has 28 heavy (non-hydrogen) atoms. The fraction of sp³-hybridized carbons (Fsp3) is 0.455. The van der Waals surface area contributed by atoms with Gasteiger partial charge in [-0.15, -0.1) is 11.3 Å². The summed E-state index contributed by atoms with van der Waals surface area (Å²) in [4.78, 5) is 25.9. The van der Waals surface area contributed by atoms with Gasteiger partial charge in [0.15, 0.2) is 0 Å². The van der Waals surface area contributed by atoms with E-state index in [2.05, 4.69) is 30.5 Å². The van der Waals surface area contributed by atoms with Gasteiger partial charge in [0, 0.05) is 17.8 Å². The predicted molar refractivity (Wildman–Crippen MR) is 114 cm³/mol. The fourth-order valence-electron chi connectivity index (χ4n) is 2.96. The third-order valence-corrected chi connectivity index (χ3v) is 5.21. The van der Waals surface area contributed by atoms with Crippen molar-refractivity contribution >= 4 is 23.2 Å². The standard InChI is InChI=1S/C22H30N2O3S/c1-4-27-19-10-6-5-9-17(19)22(26)23-13-7-12-21(25)24-18(15-16(2)3)20-11-8-14-28-20/h5-6,8-11,14,16,18H,4,7,12-13,15H2,1-3H3,(H,23,26)(H,24,25). The zero-order valence-electron chi connectivity index (χ0n) is 16.9. The Balaban J connectivity index is 1.78. The summed E-state index contributed by atoms with van der Waals surface area (Å²) in [7, 11) is 0. The van der Waals surface area contributed by atoms with Crippen LogP contribution < -0.4 is 15.4 Å². The zero-order chi connectivity index (χ0) is 20.4. The molecule has 2 amide bonds. The Labute approximate surface area is 171 Å². The minimum Gasteiger partial charge on any atom is -0.493 e. The molecule has 0 aliphatic rings. The molecule has 1 unspecified atom stereocenters. The topological polar surface area (TPSA) is 67.4 Å². The van der Waals surface area contributed by atoms with Crippen molar-refractivity contribution in [3.63, 3.8) is 0 Å². The smallest absolute Gasteiger partial charge is 0.255 e. The summed E-state index contributed by atoms with van der Waals surface area (Å²) < 4.78 is 5.49. The van der Waals surface area contributed by atoms with Gasteiger partial charge in [-0.05, 0) is 49.3 Å². The Hall–Kier alpha value is -2.34. The summed E-state index contributed by atoms with van der Waals surface area (Å²) in [6.45, 7) is 7.15. The number of ether oxygens (including phenoxy) is 1. The van der Waals surface area contributed by atoms with Crippen LogP contribution in [0.3, 0.4) is 0 Å². The monoisotopic (exact) mass is 402 g/mol. The van der Waals surface area contributed by atoms with E-state index in [0.717, 1.165) is 6.42 Å². The number of amides is 2. The minimum absolute atomic E-state index is 0.0167. The third-order valence-electron chi connectivity index (χ3n) is 4.23. The van der Waals surface area contributed by atoms with Crippen molar-refractivity contribution < 1.29 is 14.3 Å². The van der Waals surface area contributed by atoms with E-state index >= 15 is 0 Å². The largest absolute Gasteiger partial charge is 0.493 e. The lowest BCUT2D eigenvalue weighted by atomic mass is 10.0. The normalized spacial score (nSPS) is 11.9. The van der Waals surface area contributed by atoms with E-state index in [1.165, 1.54) is 4.88 Å². The van der Waals surface area contributed by atoms with E-state index in [4.69, 9.17) is 4.74 Å². The lowest BCUT2D eigenvalue weighted by molar-refractivity contribution is -0.122. The van der Waals surface area contributed by atoms with Crippen LogP contribution in [0.1, 0.15) is 61.3 Å². The van der Waals surface area contributed by atoms with Crippen LogP contribution in [-0.4, -0.2) is 25.0 Å². The van der Waals surface area contributed by atoms with Gasteiger partial charge in [0.2, 0.25) is 5.91 Å². The first-order chi connectivity index (χ1) is 13.5. The second-order valence-corrected chi connectivity index (χ2v) is 8.03. The minimum atomic E-state index is -0.180. The van der Waals surface area contributed by atoms with E-state index < -0.39 is 0 Å². The summed E-state index contributed by atoms with van der Waals surface area (Å²) in [5.41, 5.74) is 0.517. The SMILES string of the molecule is CCOc1ccccc1C(=O)NCCCC(=O)NC(CC(C)C)c1cccs1. The highest BCUT2D eigenvalue weighted by atomic mass is 32.1. The average Bonchev–Trinajstić information content (AvgIpc) is 3.20. The highest BCUT2D eigenvalue weighted by Crippen LogP contribution is 2.25. The Morgan fingerprint density at radius 3 is 2.61 bits per heavy atom. The van der Waals surface area contributed by atoms with Crippen molar-refractivity contribution in [2.24, 2.45) is 5.92 Å². The summed E-state index contributed by atoms with van der Waals surface area (Å²) >= 11 is 1.67. The first kappa shape index (κ1) is 22.0. The summed E-state index contributed by atoms with van der Waals surface area (Å²) in [6, 6.07) is 11.3. The molecular formula is C22H30N2O3S. The molecule has 1 heterocycles. The van der Waals surface area contributed by atoms with E-state index in [9.17, 15) is 9.59 Å². The second kappa shape index (κ2) is 11.5. The maximum absolute atomic E-state index is 12.3. The van der Waals surface area contributed by atoms with Crippen LogP contribution in [0.5, 0.6) is 5.75 Å². The molecule has 0 bridgehead atoms. The van der Waals surface area contributed by atoms with Gasteiger partial charge in [-0.3, -0.25) is 9.59 Å². The first-order valence-corrected chi connectivity index (χ1v) is 10.7. The molecule has 0 radical (unpaired) electrons. The molecule has 0 aliphatic carbocycles. The molecular weight excluding hydrogens is 372 g/mol. The molecule has 1 aromatic carbocycles. The molecule has 0 saturated carbocycles. The molecule has 2 rings (SSSR count). The Kier molecular flexibility index (Phi) is 9.01. The second-order valence-electron chi connectivity index (χ2n) is 7.05. The molecule has 0 fully saturated rings. The van der Waals surface area contributed by atoms with Crippen LogP contribution in [0.25, 0.3) is 0 Å². The van der Waals surface area contributed by atoms with E-state index in [0.29, 0.717) is 43.2 Å². The van der Waals surface area contributed by atoms with E-state index in [1.807, 2.05) is 30.5 Å². The number of thiophene rings is 1. The first-order valence-electron chi connectivity index (χ1n) is 9.84. The van der Waals surface area contributed by atoms with Crippen LogP contribution in [0.4, 0.5) is 0 Å². The predicted octanol–water partition coefficient (Wildman–Crippen LogP) is 4.56. The van der Waals surface area contributed by atoms with Crippen molar-refractivity contribution in [3.05, 3.63) is 52.2 Å². The molecule has 0 spiro atoms. The van der Waals surface area contributed by atoms with Gasteiger partial charge < -0.3 is 15.4 Å². The molecule has 6 heteroatoms. The van der Waals surface area contributed by atoms with Crippen molar-refractivity contribution in [1.82, 2.24) is 10.6 Å². The lowest BCUT2D eigenvalue weighted by Gasteiger charge is -2.19.